The molecule has 162 valence electrons. The molecule has 1 amide bonds. The van der Waals surface area contributed by atoms with Gasteiger partial charge in [-0.15, -0.1) is 0 Å². The number of hydrogen-bond acceptors (Lipinski definition) is 4. The Labute approximate surface area is 189 Å². The number of para-hydroxylation sites is 1. The lowest BCUT2D eigenvalue weighted by Gasteiger charge is -2.12. The highest BCUT2D eigenvalue weighted by Crippen LogP contribution is 2.26. The van der Waals surface area contributed by atoms with Crippen molar-refractivity contribution in [2.24, 2.45) is 0 Å². The summed E-state index contributed by atoms with van der Waals surface area (Å²) in [5.41, 5.74) is 0.870. The van der Waals surface area contributed by atoms with Crippen molar-refractivity contribution in [3.63, 3.8) is 0 Å². The van der Waals surface area contributed by atoms with Crippen molar-refractivity contribution >= 4 is 44.8 Å². The number of amides is 1. The summed E-state index contributed by atoms with van der Waals surface area (Å²) in [7, 11) is -2.79. The summed E-state index contributed by atoms with van der Waals surface area (Å²) < 4.78 is 47.2. The number of methoxy groups -OCH3 is 1. The van der Waals surface area contributed by atoms with E-state index in [1.54, 1.807) is 24.3 Å². The summed E-state index contributed by atoms with van der Waals surface area (Å²) in [4.78, 5) is 11.9. The molecule has 0 aliphatic carbocycles. The molecular weight excluding hydrogens is 466 g/mol. The van der Waals surface area contributed by atoms with Crippen molar-refractivity contribution in [3.05, 3.63) is 87.7 Å². The van der Waals surface area contributed by atoms with Crippen LogP contribution in [0.25, 0.3) is 0 Å². The Balaban J connectivity index is 1.82. The van der Waals surface area contributed by atoms with Crippen molar-refractivity contribution < 1.29 is 22.3 Å². The number of halogens is 3. The van der Waals surface area contributed by atoms with Crippen LogP contribution in [0.3, 0.4) is 0 Å². The molecule has 0 heterocycles. The molecule has 10 heteroatoms. The molecule has 0 bridgehead atoms. The predicted molar refractivity (Wildman–Crippen MR) is 118 cm³/mol. The molecule has 0 aromatic heterocycles. The third-order valence-corrected chi connectivity index (χ3v) is 6.46. The molecule has 3 rings (SSSR count). The average molecular weight is 483 g/mol. The summed E-state index contributed by atoms with van der Waals surface area (Å²) in [5, 5.41) is 3.12. The third kappa shape index (κ3) is 5.54. The second kappa shape index (κ2) is 9.65. The number of sulfonamides is 1. The van der Waals surface area contributed by atoms with Gasteiger partial charge in [-0.25, -0.2) is 17.5 Å². The van der Waals surface area contributed by atoms with Crippen LogP contribution in [0.5, 0.6) is 5.75 Å². The number of benzene rings is 3. The molecular formula is C21H17Cl2FN2O4S. The highest BCUT2D eigenvalue weighted by Gasteiger charge is 2.22. The number of anilines is 1. The molecule has 0 radical (unpaired) electrons. The quantitative estimate of drug-likeness (QED) is 0.502. The van der Waals surface area contributed by atoms with Gasteiger partial charge in [0.15, 0.2) is 0 Å². The third-order valence-electron chi connectivity index (χ3n) is 4.31. The van der Waals surface area contributed by atoms with Crippen LogP contribution in [-0.2, 0) is 16.6 Å². The zero-order chi connectivity index (χ0) is 22.6. The molecule has 0 saturated heterocycles. The fourth-order valence-corrected chi connectivity index (χ4v) is 4.13. The first-order valence-electron chi connectivity index (χ1n) is 8.89. The van der Waals surface area contributed by atoms with E-state index in [0.717, 1.165) is 12.1 Å². The number of hydrogen-bond donors (Lipinski definition) is 2. The number of rotatable bonds is 7. The van der Waals surface area contributed by atoms with E-state index in [1.807, 2.05) is 0 Å². The zero-order valence-corrected chi connectivity index (χ0v) is 18.5. The van der Waals surface area contributed by atoms with E-state index in [-0.39, 0.29) is 17.1 Å². The van der Waals surface area contributed by atoms with E-state index in [1.165, 1.54) is 31.4 Å². The maximum atomic E-state index is 14.3. The van der Waals surface area contributed by atoms with Gasteiger partial charge in [0.05, 0.1) is 17.2 Å². The highest BCUT2D eigenvalue weighted by molar-refractivity contribution is 7.89. The van der Waals surface area contributed by atoms with E-state index in [2.05, 4.69) is 10.0 Å². The van der Waals surface area contributed by atoms with Gasteiger partial charge in [0.25, 0.3) is 5.91 Å². The number of nitrogens with one attached hydrogen (secondary N) is 2. The summed E-state index contributed by atoms with van der Waals surface area (Å²) in [6.45, 7) is -0.120. The molecule has 0 unspecified atom stereocenters. The SMILES string of the molecule is COc1ccccc1CNS(=O)(=O)c1cc(C(=O)Nc2ccc(Cl)c(Cl)c2)ccc1F. The average Bonchev–Trinajstić information content (AvgIpc) is 2.75. The van der Waals surface area contributed by atoms with Gasteiger partial charge < -0.3 is 10.1 Å². The Hall–Kier alpha value is -2.65. The first kappa shape index (κ1) is 23.0. The second-order valence-corrected chi connectivity index (χ2v) is 8.91. The molecule has 0 atom stereocenters. The number of ether oxygens (including phenoxy) is 1. The minimum Gasteiger partial charge on any atom is -0.496 e. The van der Waals surface area contributed by atoms with E-state index in [0.29, 0.717) is 22.0 Å². The van der Waals surface area contributed by atoms with Crippen LogP contribution in [0.4, 0.5) is 10.1 Å². The van der Waals surface area contributed by atoms with Crippen LogP contribution >= 0.6 is 23.2 Å². The fraction of sp³-hybridized carbons (Fsp3) is 0.0952. The lowest BCUT2D eigenvalue weighted by Crippen LogP contribution is -2.25. The van der Waals surface area contributed by atoms with Gasteiger partial charge in [-0.1, -0.05) is 41.4 Å². The van der Waals surface area contributed by atoms with Gasteiger partial charge in [0.2, 0.25) is 10.0 Å². The van der Waals surface area contributed by atoms with Gasteiger partial charge in [0, 0.05) is 23.4 Å². The number of carbonyl (C=O) groups excluding carboxylic acids is 1. The topological polar surface area (TPSA) is 84.5 Å². The molecule has 6 nitrogen and oxygen atoms in total. The Morgan fingerprint density at radius 1 is 1.03 bits per heavy atom. The summed E-state index contributed by atoms with van der Waals surface area (Å²) in [5.74, 6) is -1.14. The second-order valence-electron chi connectivity index (χ2n) is 6.36. The van der Waals surface area contributed by atoms with Crippen LogP contribution in [-0.4, -0.2) is 21.4 Å². The molecule has 3 aromatic carbocycles. The molecule has 3 aromatic rings. The van der Waals surface area contributed by atoms with Crippen LogP contribution in [0, 0.1) is 5.82 Å². The minimum atomic E-state index is -4.25. The van der Waals surface area contributed by atoms with Gasteiger partial charge >= 0.3 is 0 Å². The van der Waals surface area contributed by atoms with E-state index in [9.17, 15) is 17.6 Å². The normalized spacial score (nSPS) is 11.2. The Bertz CT molecular complexity index is 1240. The minimum absolute atomic E-state index is 0.0508. The zero-order valence-electron chi connectivity index (χ0n) is 16.2. The van der Waals surface area contributed by atoms with Crippen molar-refractivity contribution in [2.45, 2.75) is 11.4 Å². The largest absolute Gasteiger partial charge is 0.496 e. The Morgan fingerprint density at radius 3 is 2.48 bits per heavy atom. The number of carbonyl (C=O) groups is 1. The molecule has 2 N–H and O–H groups in total. The van der Waals surface area contributed by atoms with Crippen LogP contribution in [0.1, 0.15) is 15.9 Å². The Morgan fingerprint density at radius 2 is 1.77 bits per heavy atom. The van der Waals surface area contributed by atoms with Crippen molar-refractivity contribution in [1.82, 2.24) is 4.72 Å². The lowest BCUT2D eigenvalue weighted by molar-refractivity contribution is 0.102. The van der Waals surface area contributed by atoms with Crippen LogP contribution in [0.15, 0.2) is 65.6 Å². The summed E-state index contributed by atoms with van der Waals surface area (Å²) in [6.07, 6.45) is 0. The predicted octanol–water partition coefficient (Wildman–Crippen LogP) is 4.87. The monoisotopic (exact) mass is 482 g/mol. The standard InChI is InChI=1S/C21H17Cl2FN2O4S/c1-30-19-5-3-2-4-14(19)12-25-31(28,29)20-10-13(6-9-18(20)24)21(27)26-15-7-8-16(22)17(23)11-15/h2-11,25H,12H2,1H3,(H,26,27). The fourth-order valence-electron chi connectivity index (χ4n) is 2.73. The van der Waals surface area contributed by atoms with Crippen molar-refractivity contribution in [2.75, 3.05) is 12.4 Å². The molecule has 0 aliphatic rings. The smallest absolute Gasteiger partial charge is 0.255 e. The van der Waals surface area contributed by atoms with E-state index >= 15 is 0 Å². The van der Waals surface area contributed by atoms with Gasteiger partial charge in [-0.2, -0.15) is 0 Å². The molecule has 0 aliphatic heterocycles. The molecule has 0 spiro atoms. The highest BCUT2D eigenvalue weighted by atomic mass is 35.5. The van der Waals surface area contributed by atoms with Crippen molar-refractivity contribution in [3.8, 4) is 5.75 Å². The lowest BCUT2D eigenvalue weighted by atomic mass is 10.2. The van der Waals surface area contributed by atoms with Gasteiger partial charge in [0.1, 0.15) is 16.5 Å². The van der Waals surface area contributed by atoms with E-state index < -0.39 is 26.6 Å². The van der Waals surface area contributed by atoms with Crippen molar-refractivity contribution in [1.29, 1.82) is 0 Å². The van der Waals surface area contributed by atoms with Gasteiger partial charge in [-0.3, -0.25) is 4.79 Å². The summed E-state index contributed by atoms with van der Waals surface area (Å²) in [6, 6.07) is 14.4. The molecule has 0 fully saturated rings. The van der Waals surface area contributed by atoms with Crippen LogP contribution in [0.2, 0.25) is 10.0 Å². The summed E-state index contributed by atoms with van der Waals surface area (Å²) >= 11 is 11.8. The first-order chi connectivity index (χ1) is 14.7. The Kier molecular flexibility index (Phi) is 7.17. The van der Waals surface area contributed by atoms with Gasteiger partial charge in [-0.05, 0) is 42.5 Å². The first-order valence-corrected chi connectivity index (χ1v) is 11.1. The maximum absolute atomic E-state index is 14.3. The maximum Gasteiger partial charge on any atom is 0.255 e. The molecule has 0 saturated carbocycles. The van der Waals surface area contributed by atoms with Crippen LogP contribution < -0.4 is 14.8 Å². The van der Waals surface area contributed by atoms with E-state index in [4.69, 9.17) is 27.9 Å². The molecule has 31 heavy (non-hydrogen) atoms.